The molecular weight excluding hydrogens is 330 g/mol. The molecular formula is C15H13N5O3S. The molecule has 0 fully saturated rings. The minimum Gasteiger partial charge on any atom is -0.461 e. The molecule has 0 aromatic carbocycles. The van der Waals surface area contributed by atoms with Crippen LogP contribution in [0.3, 0.4) is 0 Å². The maximum absolute atomic E-state index is 12.0. The number of rotatable bonds is 5. The zero-order valence-electron chi connectivity index (χ0n) is 12.7. The summed E-state index contributed by atoms with van der Waals surface area (Å²) in [5.41, 5.74) is 0.598. The number of hydrogen-bond donors (Lipinski definition) is 1. The Hall–Kier alpha value is -2.78. The molecule has 122 valence electrons. The van der Waals surface area contributed by atoms with Crippen molar-refractivity contribution in [3.8, 4) is 11.6 Å². The zero-order valence-corrected chi connectivity index (χ0v) is 13.5. The van der Waals surface area contributed by atoms with Gasteiger partial charge in [-0.25, -0.2) is 4.98 Å². The Bertz CT molecular complexity index is 1020. The molecule has 0 atom stereocenters. The first-order valence-corrected chi connectivity index (χ1v) is 8.08. The molecule has 4 aromatic heterocycles. The van der Waals surface area contributed by atoms with E-state index in [1.165, 1.54) is 11.3 Å². The third-order valence-electron chi connectivity index (χ3n) is 3.40. The van der Waals surface area contributed by atoms with Crippen molar-refractivity contribution in [2.75, 3.05) is 7.05 Å². The summed E-state index contributed by atoms with van der Waals surface area (Å²) in [4.78, 5) is 25.5. The number of hydrogen-bond acceptors (Lipinski definition) is 8. The van der Waals surface area contributed by atoms with Gasteiger partial charge in [-0.1, -0.05) is 5.16 Å². The van der Waals surface area contributed by atoms with E-state index in [-0.39, 0.29) is 5.56 Å². The molecule has 24 heavy (non-hydrogen) atoms. The highest BCUT2D eigenvalue weighted by atomic mass is 32.1. The Balaban J connectivity index is 1.48. The van der Waals surface area contributed by atoms with E-state index >= 15 is 0 Å². The number of thiophene rings is 1. The summed E-state index contributed by atoms with van der Waals surface area (Å²) in [5, 5.41) is 5.74. The Labute approximate surface area is 139 Å². The normalized spacial score (nSPS) is 11.6. The highest BCUT2D eigenvalue weighted by Crippen LogP contribution is 2.17. The number of nitrogens with zero attached hydrogens (tertiary/aromatic N) is 4. The lowest BCUT2D eigenvalue weighted by Gasteiger charge is -2.12. The van der Waals surface area contributed by atoms with Crippen LogP contribution in [0.25, 0.3) is 21.8 Å². The Morgan fingerprint density at radius 1 is 1.29 bits per heavy atom. The van der Waals surface area contributed by atoms with E-state index in [0.29, 0.717) is 46.6 Å². The summed E-state index contributed by atoms with van der Waals surface area (Å²) in [7, 11) is 1.88. The highest BCUT2D eigenvalue weighted by Gasteiger charge is 2.14. The van der Waals surface area contributed by atoms with Gasteiger partial charge in [0.05, 0.1) is 24.9 Å². The van der Waals surface area contributed by atoms with Crippen molar-refractivity contribution in [1.29, 1.82) is 0 Å². The minimum absolute atomic E-state index is 0.115. The van der Waals surface area contributed by atoms with Crippen molar-refractivity contribution in [3.63, 3.8) is 0 Å². The summed E-state index contributed by atoms with van der Waals surface area (Å²) in [5.74, 6) is 2.03. The molecule has 0 saturated heterocycles. The fourth-order valence-electron chi connectivity index (χ4n) is 2.36. The van der Waals surface area contributed by atoms with Gasteiger partial charge in [-0.15, -0.1) is 11.3 Å². The molecule has 0 aliphatic heterocycles. The van der Waals surface area contributed by atoms with Gasteiger partial charge in [0.15, 0.2) is 5.76 Å². The van der Waals surface area contributed by atoms with Crippen LogP contribution in [0.2, 0.25) is 0 Å². The summed E-state index contributed by atoms with van der Waals surface area (Å²) in [6.45, 7) is 0.887. The molecule has 4 aromatic rings. The van der Waals surface area contributed by atoms with Crippen LogP contribution < -0.4 is 5.56 Å². The second kappa shape index (κ2) is 6.02. The van der Waals surface area contributed by atoms with Crippen molar-refractivity contribution >= 4 is 21.6 Å². The Kier molecular flexibility index (Phi) is 3.71. The summed E-state index contributed by atoms with van der Waals surface area (Å²) in [6.07, 6.45) is 1.56. The van der Waals surface area contributed by atoms with Crippen LogP contribution in [-0.4, -0.2) is 32.1 Å². The van der Waals surface area contributed by atoms with E-state index in [1.807, 2.05) is 23.4 Å². The molecule has 0 unspecified atom stereocenters. The van der Waals surface area contributed by atoms with Crippen LogP contribution in [0.15, 0.2) is 43.6 Å². The number of fused-ring (bicyclic) bond motifs is 1. The Morgan fingerprint density at radius 3 is 3.04 bits per heavy atom. The lowest BCUT2D eigenvalue weighted by atomic mass is 10.4. The van der Waals surface area contributed by atoms with Gasteiger partial charge in [0, 0.05) is 0 Å². The molecule has 0 aliphatic carbocycles. The topological polar surface area (TPSA) is 101 Å². The lowest BCUT2D eigenvalue weighted by Crippen LogP contribution is -2.21. The van der Waals surface area contributed by atoms with Crippen molar-refractivity contribution < 1.29 is 8.94 Å². The molecule has 0 radical (unpaired) electrons. The standard InChI is InChI=1S/C15H13N5O3S/c1-20(7-11-16-9-4-6-24-13(9)15(21)17-11)8-12-18-14(19-23-12)10-3-2-5-22-10/h2-6H,7-8H2,1H3,(H,16,17,21). The fourth-order valence-corrected chi connectivity index (χ4v) is 3.09. The number of furan rings is 1. The second-order valence-electron chi connectivity index (χ2n) is 5.31. The molecule has 4 rings (SSSR count). The fraction of sp³-hybridized carbons (Fsp3) is 0.200. The second-order valence-corrected chi connectivity index (χ2v) is 6.23. The predicted octanol–water partition coefficient (Wildman–Crippen LogP) is 2.26. The first kappa shape index (κ1) is 14.8. The van der Waals surface area contributed by atoms with Crippen LogP contribution in [0.5, 0.6) is 0 Å². The van der Waals surface area contributed by atoms with Gasteiger partial charge in [-0.2, -0.15) is 4.98 Å². The van der Waals surface area contributed by atoms with Gasteiger partial charge in [0.2, 0.25) is 11.7 Å². The maximum atomic E-state index is 12.0. The van der Waals surface area contributed by atoms with Crippen molar-refractivity contribution in [1.82, 2.24) is 25.0 Å². The van der Waals surface area contributed by atoms with Crippen LogP contribution in [0, 0.1) is 0 Å². The number of aromatic nitrogens is 4. The largest absolute Gasteiger partial charge is 0.461 e. The third-order valence-corrected chi connectivity index (χ3v) is 4.30. The summed E-state index contributed by atoms with van der Waals surface area (Å²) >= 11 is 1.38. The van der Waals surface area contributed by atoms with Crippen molar-refractivity contribution in [2.24, 2.45) is 0 Å². The smallest absolute Gasteiger partial charge is 0.268 e. The molecule has 0 spiro atoms. The third kappa shape index (κ3) is 2.86. The van der Waals surface area contributed by atoms with E-state index in [1.54, 1.807) is 18.4 Å². The number of H-pyrrole nitrogens is 1. The van der Waals surface area contributed by atoms with Gasteiger partial charge in [-0.05, 0) is 30.6 Å². The van der Waals surface area contributed by atoms with E-state index in [4.69, 9.17) is 8.94 Å². The van der Waals surface area contributed by atoms with Gasteiger partial charge in [-0.3, -0.25) is 9.69 Å². The maximum Gasteiger partial charge on any atom is 0.268 e. The SMILES string of the molecule is CN(Cc1nc2ccsc2c(=O)[nH]1)Cc1nc(-c2ccco2)no1. The van der Waals surface area contributed by atoms with Crippen LogP contribution >= 0.6 is 11.3 Å². The lowest BCUT2D eigenvalue weighted by molar-refractivity contribution is 0.256. The molecule has 9 heteroatoms. The molecule has 0 saturated carbocycles. The van der Waals surface area contributed by atoms with Gasteiger partial charge < -0.3 is 13.9 Å². The Morgan fingerprint density at radius 2 is 2.21 bits per heavy atom. The van der Waals surface area contributed by atoms with Crippen LogP contribution in [-0.2, 0) is 13.1 Å². The van der Waals surface area contributed by atoms with E-state index < -0.39 is 0 Å². The van der Waals surface area contributed by atoms with E-state index in [2.05, 4.69) is 20.1 Å². The average molecular weight is 343 g/mol. The molecule has 0 aliphatic rings. The van der Waals surface area contributed by atoms with Gasteiger partial charge in [0.25, 0.3) is 5.56 Å². The molecule has 1 N–H and O–H groups in total. The summed E-state index contributed by atoms with van der Waals surface area (Å²) in [6, 6.07) is 5.37. The number of aromatic amines is 1. The van der Waals surface area contributed by atoms with Crippen molar-refractivity contribution in [2.45, 2.75) is 13.1 Å². The minimum atomic E-state index is -0.115. The first-order valence-electron chi connectivity index (χ1n) is 7.20. The van der Waals surface area contributed by atoms with Crippen LogP contribution in [0.4, 0.5) is 0 Å². The van der Waals surface area contributed by atoms with Crippen molar-refractivity contribution in [3.05, 3.63) is 51.9 Å². The van der Waals surface area contributed by atoms with E-state index in [9.17, 15) is 4.79 Å². The first-order chi connectivity index (χ1) is 11.7. The van der Waals surface area contributed by atoms with Gasteiger partial charge in [0.1, 0.15) is 10.5 Å². The predicted molar refractivity (Wildman–Crippen MR) is 87.4 cm³/mol. The van der Waals surface area contributed by atoms with E-state index in [0.717, 1.165) is 0 Å². The van der Waals surface area contributed by atoms with Crippen LogP contribution in [0.1, 0.15) is 11.7 Å². The summed E-state index contributed by atoms with van der Waals surface area (Å²) < 4.78 is 11.1. The quantitative estimate of drug-likeness (QED) is 0.593. The number of nitrogens with one attached hydrogen (secondary N) is 1. The average Bonchev–Trinajstić information content (AvgIpc) is 3.28. The zero-order chi connectivity index (χ0) is 16.5. The highest BCUT2D eigenvalue weighted by molar-refractivity contribution is 7.17. The molecule has 0 bridgehead atoms. The molecule has 4 heterocycles. The van der Waals surface area contributed by atoms with Gasteiger partial charge >= 0.3 is 0 Å². The molecule has 8 nitrogen and oxygen atoms in total. The molecule has 0 amide bonds. The monoisotopic (exact) mass is 343 g/mol.